The van der Waals surface area contributed by atoms with Crippen LogP contribution >= 0.6 is 0 Å². The van der Waals surface area contributed by atoms with Crippen LogP contribution in [0, 0.1) is 11.5 Å². The van der Waals surface area contributed by atoms with Crippen LogP contribution < -0.4 is 0 Å². The first kappa shape index (κ1) is 15.7. The molecule has 0 saturated carbocycles. The standard InChI is InChI=1S/C14H29NSi/c1-6-8-11-15(12-9-7-2)13-10-14-16(3,4)5/h6-9,11-13H2,1-5H3. The van der Waals surface area contributed by atoms with Crippen LogP contribution in [0.25, 0.3) is 0 Å². The van der Waals surface area contributed by atoms with E-state index in [0.29, 0.717) is 0 Å². The van der Waals surface area contributed by atoms with Gasteiger partial charge in [0.25, 0.3) is 0 Å². The second-order valence-electron chi connectivity index (χ2n) is 5.54. The fourth-order valence-electron chi connectivity index (χ4n) is 1.45. The van der Waals surface area contributed by atoms with Gasteiger partial charge in [0, 0.05) is 0 Å². The first-order chi connectivity index (χ1) is 7.49. The maximum Gasteiger partial charge on any atom is 0.129 e. The minimum Gasteiger partial charge on any atom is -0.292 e. The lowest BCUT2D eigenvalue weighted by atomic mass is 10.2. The lowest BCUT2D eigenvalue weighted by molar-refractivity contribution is 0.296. The van der Waals surface area contributed by atoms with Gasteiger partial charge in [0.2, 0.25) is 0 Å². The molecule has 0 saturated heterocycles. The van der Waals surface area contributed by atoms with Gasteiger partial charge in [-0.1, -0.05) is 52.3 Å². The molecule has 1 nitrogen and oxygen atoms in total. The molecule has 0 atom stereocenters. The van der Waals surface area contributed by atoms with Crippen LogP contribution in [0.4, 0.5) is 0 Å². The molecule has 2 heteroatoms. The van der Waals surface area contributed by atoms with E-state index in [1.54, 1.807) is 0 Å². The molecule has 0 fully saturated rings. The predicted molar refractivity (Wildman–Crippen MR) is 77.4 cm³/mol. The molecule has 0 heterocycles. The summed E-state index contributed by atoms with van der Waals surface area (Å²) in [6.07, 6.45) is 5.17. The third-order valence-corrected chi connectivity index (χ3v) is 3.35. The average molecular weight is 239 g/mol. The van der Waals surface area contributed by atoms with Gasteiger partial charge in [0.05, 0.1) is 6.54 Å². The van der Waals surface area contributed by atoms with Crippen molar-refractivity contribution in [3.8, 4) is 11.5 Å². The van der Waals surface area contributed by atoms with Crippen molar-refractivity contribution in [1.82, 2.24) is 4.90 Å². The van der Waals surface area contributed by atoms with Crippen LogP contribution in [0.5, 0.6) is 0 Å². The number of nitrogens with zero attached hydrogens (tertiary/aromatic N) is 1. The molecular formula is C14H29NSi. The molecule has 0 aromatic carbocycles. The lowest BCUT2D eigenvalue weighted by Gasteiger charge is -2.19. The summed E-state index contributed by atoms with van der Waals surface area (Å²) < 4.78 is 0. The second kappa shape index (κ2) is 8.84. The maximum absolute atomic E-state index is 3.45. The largest absolute Gasteiger partial charge is 0.292 e. The van der Waals surface area contributed by atoms with Gasteiger partial charge in [-0.15, -0.1) is 5.54 Å². The number of hydrogen-bond acceptors (Lipinski definition) is 1. The van der Waals surface area contributed by atoms with Gasteiger partial charge in [-0.2, -0.15) is 0 Å². The molecule has 94 valence electrons. The van der Waals surface area contributed by atoms with Crippen LogP contribution in [0.15, 0.2) is 0 Å². The summed E-state index contributed by atoms with van der Waals surface area (Å²) in [7, 11) is -1.17. The smallest absolute Gasteiger partial charge is 0.129 e. The van der Waals surface area contributed by atoms with Crippen molar-refractivity contribution >= 4 is 8.07 Å². The fraction of sp³-hybridized carbons (Fsp3) is 0.857. The number of hydrogen-bond donors (Lipinski definition) is 0. The molecule has 0 radical (unpaired) electrons. The highest BCUT2D eigenvalue weighted by atomic mass is 28.3. The molecule has 0 aromatic rings. The quantitative estimate of drug-likeness (QED) is 0.483. The van der Waals surface area contributed by atoms with Crippen molar-refractivity contribution in [2.45, 2.75) is 59.2 Å². The summed E-state index contributed by atoms with van der Waals surface area (Å²) in [5, 5.41) is 0. The van der Waals surface area contributed by atoms with E-state index in [1.165, 1.54) is 38.8 Å². The Kier molecular flexibility index (Phi) is 8.69. The number of unbranched alkanes of at least 4 members (excludes halogenated alkanes) is 2. The van der Waals surface area contributed by atoms with E-state index in [9.17, 15) is 0 Å². The van der Waals surface area contributed by atoms with E-state index in [4.69, 9.17) is 0 Å². The zero-order valence-corrected chi connectivity index (χ0v) is 12.9. The fourth-order valence-corrected chi connectivity index (χ4v) is 2.06. The Bertz CT molecular complexity index is 211. The summed E-state index contributed by atoms with van der Waals surface area (Å²) in [5.74, 6) is 3.38. The second-order valence-corrected chi connectivity index (χ2v) is 10.3. The van der Waals surface area contributed by atoms with E-state index < -0.39 is 8.07 Å². The molecule has 0 unspecified atom stereocenters. The third kappa shape index (κ3) is 10.3. The molecule has 0 aliphatic rings. The molecule has 0 spiro atoms. The summed E-state index contributed by atoms with van der Waals surface area (Å²) in [6.45, 7) is 14.8. The topological polar surface area (TPSA) is 3.24 Å². The van der Waals surface area contributed by atoms with Crippen LogP contribution in [-0.2, 0) is 0 Å². The van der Waals surface area contributed by atoms with Gasteiger partial charge in [-0.05, 0) is 25.9 Å². The minimum atomic E-state index is -1.17. The zero-order valence-electron chi connectivity index (χ0n) is 11.9. The van der Waals surface area contributed by atoms with Gasteiger partial charge < -0.3 is 0 Å². The highest BCUT2D eigenvalue weighted by Crippen LogP contribution is 2.00. The van der Waals surface area contributed by atoms with Gasteiger partial charge in [0.15, 0.2) is 0 Å². The SMILES string of the molecule is CCCCN(CC#C[Si](C)(C)C)CCCC. The van der Waals surface area contributed by atoms with Crippen LogP contribution in [0.1, 0.15) is 39.5 Å². The zero-order chi connectivity index (χ0) is 12.4. The number of rotatable bonds is 7. The van der Waals surface area contributed by atoms with E-state index in [0.717, 1.165) is 6.54 Å². The summed E-state index contributed by atoms with van der Waals surface area (Å²) >= 11 is 0. The van der Waals surface area contributed by atoms with Crippen molar-refractivity contribution < 1.29 is 0 Å². The normalized spacial score (nSPS) is 11.4. The average Bonchev–Trinajstić information content (AvgIpc) is 2.19. The summed E-state index contributed by atoms with van der Waals surface area (Å²) in [4.78, 5) is 2.51. The third-order valence-electron chi connectivity index (χ3n) is 2.42. The van der Waals surface area contributed by atoms with Gasteiger partial charge in [-0.3, -0.25) is 4.90 Å². The molecule has 0 amide bonds. The van der Waals surface area contributed by atoms with E-state index in [-0.39, 0.29) is 0 Å². The summed E-state index contributed by atoms with van der Waals surface area (Å²) in [5.41, 5.74) is 3.45. The maximum atomic E-state index is 3.45. The lowest BCUT2D eigenvalue weighted by Crippen LogP contribution is -2.27. The van der Waals surface area contributed by atoms with Crippen molar-refractivity contribution in [2.24, 2.45) is 0 Å². The Morgan fingerprint density at radius 2 is 1.44 bits per heavy atom. The first-order valence-electron chi connectivity index (χ1n) is 6.72. The summed E-state index contributed by atoms with van der Waals surface area (Å²) in [6, 6.07) is 0. The monoisotopic (exact) mass is 239 g/mol. The molecule has 16 heavy (non-hydrogen) atoms. The molecule has 0 bridgehead atoms. The Balaban J connectivity index is 4.02. The van der Waals surface area contributed by atoms with Crippen molar-refractivity contribution in [2.75, 3.05) is 19.6 Å². The predicted octanol–water partition coefficient (Wildman–Crippen LogP) is 3.77. The molecule has 0 aliphatic heterocycles. The van der Waals surface area contributed by atoms with Crippen LogP contribution in [0.2, 0.25) is 19.6 Å². The molecule has 0 rings (SSSR count). The van der Waals surface area contributed by atoms with E-state index in [2.05, 4.69) is 49.9 Å². The highest BCUT2D eigenvalue weighted by Gasteiger charge is 2.07. The van der Waals surface area contributed by atoms with Gasteiger partial charge in [0.1, 0.15) is 8.07 Å². The van der Waals surface area contributed by atoms with Crippen molar-refractivity contribution in [1.29, 1.82) is 0 Å². The Labute approximate surface area is 104 Å². The Hall–Kier alpha value is -0.263. The highest BCUT2D eigenvalue weighted by molar-refractivity contribution is 6.83. The Morgan fingerprint density at radius 1 is 0.938 bits per heavy atom. The van der Waals surface area contributed by atoms with Crippen LogP contribution in [0.3, 0.4) is 0 Å². The van der Waals surface area contributed by atoms with E-state index >= 15 is 0 Å². The molecule has 0 N–H and O–H groups in total. The molecule has 0 aromatic heterocycles. The van der Waals surface area contributed by atoms with Crippen molar-refractivity contribution in [3.05, 3.63) is 0 Å². The van der Waals surface area contributed by atoms with Crippen molar-refractivity contribution in [3.63, 3.8) is 0 Å². The Morgan fingerprint density at radius 3 is 1.81 bits per heavy atom. The van der Waals surface area contributed by atoms with Gasteiger partial charge in [-0.25, -0.2) is 0 Å². The molecule has 0 aliphatic carbocycles. The minimum absolute atomic E-state index is 0.976. The van der Waals surface area contributed by atoms with Gasteiger partial charge >= 0.3 is 0 Å². The van der Waals surface area contributed by atoms with E-state index in [1.807, 2.05) is 0 Å². The molecular weight excluding hydrogens is 210 g/mol. The first-order valence-corrected chi connectivity index (χ1v) is 10.2. The van der Waals surface area contributed by atoms with Crippen LogP contribution in [-0.4, -0.2) is 32.6 Å².